The molecule has 22 heavy (non-hydrogen) atoms. The minimum atomic E-state index is 0.608. The van der Waals surface area contributed by atoms with Crippen LogP contribution in [0.15, 0.2) is 55.1 Å². The molecule has 110 valence electrons. The molecular formula is C19H18N2O. The van der Waals surface area contributed by atoms with Crippen LogP contribution in [-0.2, 0) is 0 Å². The van der Waals surface area contributed by atoms with Crippen LogP contribution in [0, 0.1) is 6.92 Å². The van der Waals surface area contributed by atoms with E-state index in [2.05, 4.69) is 23.7 Å². The third-order valence-electron chi connectivity index (χ3n) is 3.75. The number of aryl methyl sites for hydroxylation is 1. The highest BCUT2D eigenvalue weighted by molar-refractivity contribution is 5.96. The largest absolute Gasteiger partial charge is 0.495 e. The van der Waals surface area contributed by atoms with Crippen molar-refractivity contribution in [1.82, 2.24) is 4.98 Å². The number of fused-ring (bicyclic) bond motifs is 1. The molecule has 0 spiro atoms. The Bertz CT molecular complexity index is 868. The number of rotatable bonds is 3. The second-order valence-corrected chi connectivity index (χ2v) is 5.26. The highest BCUT2D eigenvalue weighted by Crippen LogP contribution is 2.32. The quantitative estimate of drug-likeness (QED) is 0.736. The molecule has 0 saturated carbocycles. The van der Waals surface area contributed by atoms with Crippen LogP contribution in [0.4, 0.5) is 5.69 Å². The number of anilines is 1. The SMILES string of the molecule is C=C(c1ccc(OC)c(N)c1)c1cc(C)nc2ccccc12. The van der Waals surface area contributed by atoms with Crippen molar-refractivity contribution >= 4 is 22.2 Å². The third kappa shape index (κ3) is 2.42. The summed E-state index contributed by atoms with van der Waals surface area (Å²) < 4.78 is 5.21. The van der Waals surface area contributed by atoms with Gasteiger partial charge in [0.05, 0.1) is 18.3 Å². The fourth-order valence-corrected chi connectivity index (χ4v) is 2.64. The van der Waals surface area contributed by atoms with Crippen LogP contribution in [0.3, 0.4) is 0 Å². The van der Waals surface area contributed by atoms with E-state index in [1.807, 2.05) is 43.3 Å². The zero-order valence-electron chi connectivity index (χ0n) is 12.8. The summed E-state index contributed by atoms with van der Waals surface area (Å²) in [5.74, 6) is 0.673. The normalized spacial score (nSPS) is 10.6. The first kappa shape index (κ1) is 14.1. The summed E-state index contributed by atoms with van der Waals surface area (Å²) in [5, 5.41) is 1.09. The molecule has 3 rings (SSSR count). The van der Waals surface area contributed by atoms with Crippen LogP contribution >= 0.6 is 0 Å². The number of hydrogen-bond acceptors (Lipinski definition) is 3. The zero-order valence-corrected chi connectivity index (χ0v) is 12.8. The predicted molar refractivity (Wildman–Crippen MR) is 92.0 cm³/mol. The monoisotopic (exact) mass is 290 g/mol. The number of benzene rings is 2. The number of nitrogens with two attached hydrogens (primary N) is 1. The lowest BCUT2D eigenvalue weighted by molar-refractivity contribution is 0.417. The molecule has 0 atom stereocenters. The molecule has 3 aromatic rings. The Balaban J connectivity index is 2.15. The highest BCUT2D eigenvalue weighted by Gasteiger charge is 2.10. The van der Waals surface area contributed by atoms with E-state index in [1.54, 1.807) is 7.11 Å². The average molecular weight is 290 g/mol. The molecule has 2 N–H and O–H groups in total. The summed E-state index contributed by atoms with van der Waals surface area (Å²) in [5.41, 5.74) is 11.5. The predicted octanol–water partition coefficient (Wildman–Crippen LogP) is 4.20. The van der Waals surface area contributed by atoms with Gasteiger partial charge in [-0.25, -0.2) is 0 Å². The maximum absolute atomic E-state index is 6.01. The van der Waals surface area contributed by atoms with Gasteiger partial charge >= 0.3 is 0 Å². The van der Waals surface area contributed by atoms with Crippen molar-refractivity contribution < 1.29 is 4.74 Å². The van der Waals surface area contributed by atoms with Gasteiger partial charge in [0.1, 0.15) is 5.75 Å². The molecule has 3 nitrogen and oxygen atoms in total. The summed E-state index contributed by atoms with van der Waals surface area (Å²) in [7, 11) is 1.61. The Morgan fingerprint density at radius 2 is 1.91 bits per heavy atom. The van der Waals surface area contributed by atoms with Gasteiger partial charge in [-0.3, -0.25) is 4.98 Å². The van der Waals surface area contributed by atoms with E-state index in [1.165, 1.54) is 0 Å². The second-order valence-electron chi connectivity index (χ2n) is 5.26. The van der Waals surface area contributed by atoms with E-state index in [0.717, 1.165) is 33.3 Å². The maximum Gasteiger partial charge on any atom is 0.141 e. The van der Waals surface area contributed by atoms with E-state index in [-0.39, 0.29) is 0 Å². The molecule has 1 heterocycles. The van der Waals surface area contributed by atoms with E-state index in [4.69, 9.17) is 10.5 Å². The van der Waals surface area contributed by atoms with Gasteiger partial charge in [0.2, 0.25) is 0 Å². The van der Waals surface area contributed by atoms with Gasteiger partial charge in [-0.1, -0.05) is 30.8 Å². The van der Waals surface area contributed by atoms with Gasteiger partial charge < -0.3 is 10.5 Å². The first-order valence-corrected chi connectivity index (χ1v) is 7.09. The second kappa shape index (κ2) is 5.53. The minimum Gasteiger partial charge on any atom is -0.495 e. The molecule has 2 aromatic carbocycles. The van der Waals surface area contributed by atoms with Crippen LogP contribution in [0.2, 0.25) is 0 Å². The molecule has 0 aliphatic heterocycles. The van der Waals surface area contributed by atoms with Gasteiger partial charge in [0.15, 0.2) is 0 Å². The van der Waals surface area contributed by atoms with Crippen LogP contribution < -0.4 is 10.5 Å². The van der Waals surface area contributed by atoms with E-state index in [9.17, 15) is 0 Å². The molecule has 0 aliphatic carbocycles. The number of para-hydroxylation sites is 1. The molecule has 0 radical (unpaired) electrons. The molecule has 0 amide bonds. The van der Waals surface area contributed by atoms with Crippen LogP contribution in [-0.4, -0.2) is 12.1 Å². The lowest BCUT2D eigenvalue weighted by atomic mass is 9.95. The van der Waals surface area contributed by atoms with Crippen molar-refractivity contribution in [2.24, 2.45) is 0 Å². The first-order chi connectivity index (χ1) is 10.6. The molecule has 0 unspecified atom stereocenters. The number of methoxy groups -OCH3 is 1. The smallest absolute Gasteiger partial charge is 0.141 e. The Labute approximate surface area is 130 Å². The van der Waals surface area contributed by atoms with Crippen molar-refractivity contribution in [3.8, 4) is 5.75 Å². The molecule has 0 fully saturated rings. The van der Waals surface area contributed by atoms with Gasteiger partial charge in [-0.05, 0) is 47.9 Å². The summed E-state index contributed by atoms with van der Waals surface area (Å²) >= 11 is 0. The maximum atomic E-state index is 6.01. The van der Waals surface area contributed by atoms with E-state index >= 15 is 0 Å². The van der Waals surface area contributed by atoms with Gasteiger partial charge in [0.25, 0.3) is 0 Å². The number of aromatic nitrogens is 1. The Kier molecular flexibility index (Phi) is 3.55. The molecule has 0 aliphatic rings. The number of pyridine rings is 1. The van der Waals surface area contributed by atoms with Crippen molar-refractivity contribution in [3.05, 3.63) is 71.9 Å². The topological polar surface area (TPSA) is 48.1 Å². The molecular weight excluding hydrogens is 272 g/mol. The fourth-order valence-electron chi connectivity index (χ4n) is 2.64. The van der Waals surface area contributed by atoms with Crippen LogP contribution in [0.25, 0.3) is 16.5 Å². The minimum absolute atomic E-state index is 0.608. The van der Waals surface area contributed by atoms with Gasteiger partial charge in [0, 0.05) is 11.1 Å². The van der Waals surface area contributed by atoms with Crippen molar-refractivity contribution in [2.45, 2.75) is 6.92 Å². The lowest BCUT2D eigenvalue weighted by Gasteiger charge is -2.13. The molecule has 0 bridgehead atoms. The van der Waals surface area contributed by atoms with Crippen LogP contribution in [0.5, 0.6) is 5.75 Å². The van der Waals surface area contributed by atoms with Gasteiger partial charge in [-0.2, -0.15) is 0 Å². The average Bonchev–Trinajstić information content (AvgIpc) is 2.53. The first-order valence-electron chi connectivity index (χ1n) is 7.09. The Morgan fingerprint density at radius 1 is 1.14 bits per heavy atom. The standard InChI is InChI=1S/C19H18N2O/c1-12-10-16(15-6-4-5-7-18(15)21-12)13(2)14-8-9-19(22-3)17(20)11-14/h4-11H,2,20H2,1,3H3. The summed E-state index contributed by atoms with van der Waals surface area (Å²) in [4.78, 5) is 4.57. The molecule has 1 aromatic heterocycles. The highest BCUT2D eigenvalue weighted by atomic mass is 16.5. The van der Waals surface area contributed by atoms with E-state index in [0.29, 0.717) is 11.4 Å². The number of nitrogens with zero attached hydrogens (tertiary/aromatic N) is 1. The van der Waals surface area contributed by atoms with Crippen LogP contribution in [0.1, 0.15) is 16.8 Å². The molecule has 0 saturated heterocycles. The van der Waals surface area contributed by atoms with E-state index < -0.39 is 0 Å². The summed E-state index contributed by atoms with van der Waals surface area (Å²) in [6.45, 7) is 6.25. The number of ether oxygens (including phenoxy) is 1. The van der Waals surface area contributed by atoms with Crippen molar-refractivity contribution in [3.63, 3.8) is 0 Å². The summed E-state index contributed by atoms with van der Waals surface area (Å²) in [6.07, 6.45) is 0. The fraction of sp³-hybridized carbons (Fsp3) is 0.105. The summed E-state index contributed by atoms with van der Waals surface area (Å²) in [6, 6.07) is 15.9. The number of hydrogen-bond donors (Lipinski definition) is 1. The third-order valence-corrected chi connectivity index (χ3v) is 3.75. The zero-order chi connectivity index (χ0) is 15.7. The Morgan fingerprint density at radius 3 is 2.64 bits per heavy atom. The number of nitrogen functional groups attached to an aromatic ring is 1. The van der Waals surface area contributed by atoms with Gasteiger partial charge in [-0.15, -0.1) is 0 Å². The van der Waals surface area contributed by atoms with Crippen molar-refractivity contribution in [2.75, 3.05) is 12.8 Å². The lowest BCUT2D eigenvalue weighted by Crippen LogP contribution is -1.96. The van der Waals surface area contributed by atoms with Crippen molar-refractivity contribution in [1.29, 1.82) is 0 Å². The Hall–Kier alpha value is -2.81. The molecule has 3 heteroatoms.